The van der Waals surface area contributed by atoms with Crippen LogP contribution in [0.3, 0.4) is 0 Å². The van der Waals surface area contributed by atoms with Gasteiger partial charge in [0.25, 0.3) is 0 Å². The van der Waals surface area contributed by atoms with Gasteiger partial charge in [0.15, 0.2) is 0 Å². The van der Waals surface area contributed by atoms with E-state index in [0.717, 1.165) is 37.7 Å². The fourth-order valence-electron chi connectivity index (χ4n) is 7.05. The molecule has 27 heavy (non-hydrogen) atoms. The van der Waals surface area contributed by atoms with Gasteiger partial charge < -0.3 is 5.11 Å². The number of ketones is 1. The van der Waals surface area contributed by atoms with Crippen molar-refractivity contribution in [3.05, 3.63) is 35.5 Å². The Hall–Kier alpha value is -1.66. The van der Waals surface area contributed by atoms with Crippen LogP contribution in [0.15, 0.2) is 35.5 Å². The molecule has 6 unspecified atom stereocenters. The van der Waals surface area contributed by atoms with Gasteiger partial charge in [-0.25, -0.2) is 0 Å². The number of hydrogen-bond donors (Lipinski definition) is 1. The normalized spacial score (nSPS) is 47.5. The number of aliphatic hydroxyl groups is 1. The van der Waals surface area contributed by atoms with Crippen LogP contribution in [-0.4, -0.2) is 16.5 Å². The quantitative estimate of drug-likeness (QED) is 0.532. The third kappa shape index (κ3) is 2.46. The Morgan fingerprint density at radius 3 is 2.70 bits per heavy atom. The molecule has 0 amide bonds. The fourth-order valence-corrected chi connectivity index (χ4v) is 7.05. The van der Waals surface area contributed by atoms with Crippen molar-refractivity contribution in [1.82, 2.24) is 0 Å². The van der Waals surface area contributed by atoms with E-state index in [9.17, 15) is 9.90 Å². The third-order valence-electron chi connectivity index (χ3n) is 8.69. The first-order valence-electron chi connectivity index (χ1n) is 10.4. The molecule has 3 saturated carbocycles. The summed E-state index contributed by atoms with van der Waals surface area (Å²) < 4.78 is 0. The van der Waals surface area contributed by atoms with E-state index in [4.69, 9.17) is 5.26 Å². The Morgan fingerprint density at radius 1 is 1.30 bits per heavy atom. The van der Waals surface area contributed by atoms with E-state index >= 15 is 0 Å². The molecular formula is C24H31NO2. The van der Waals surface area contributed by atoms with Crippen molar-refractivity contribution in [3.63, 3.8) is 0 Å². The second kappa shape index (κ2) is 5.92. The van der Waals surface area contributed by atoms with Crippen LogP contribution >= 0.6 is 0 Å². The van der Waals surface area contributed by atoms with Gasteiger partial charge in [-0.3, -0.25) is 4.79 Å². The number of carbonyl (C=O) groups is 1. The summed E-state index contributed by atoms with van der Waals surface area (Å²) in [6.07, 6.45) is 9.85. The van der Waals surface area contributed by atoms with Gasteiger partial charge >= 0.3 is 0 Å². The summed E-state index contributed by atoms with van der Waals surface area (Å²) in [6.45, 7) is 10.4. The number of fused-ring (bicyclic) bond motifs is 5. The molecule has 4 rings (SSSR count). The van der Waals surface area contributed by atoms with Gasteiger partial charge in [0, 0.05) is 18.4 Å². The lowest BCUT2D eigenvalue weighted by Gasteiger charge is -2.57. The highest BCUT2D eigenvalue weighted by atomic mass is 16.3. The molecule has 144 valence electrons. The molecule has 0 aliphatic heterocycles. The maximum Gasteiger partial charge on any atom is 0.138 e. The molecule has 0 saturated heterocycles. The molecule has 3 heteroatoms. The van der Waals surface area contributed by atoms with E-state index < -0.39 is 5.60 Å². The van der Waals surface area contributed by atoms with Crippen molar-refractivity contribution in [3.8, 4) is 6.07 Å². The second-order valence-electron chi connectivity index (χ2n) is 9.98. The van der Waals surface area contributed by atoms with Crippen LogP contribution in [0, 0.1) is 39.9 Å². The van der Waals surface area contributed by atoms with Crippen molar-refractivity contribution in [1.29, 1.82) is 5.26 Å². The first-order valence-corrected chi connectivity index (χ1v) is 10.4. The molecule has 3 fully saturated rings. The largest absolute Gasteiger partial charge is 0.381 e. The zero-order valence-corrected chi connectivity index (χ0v) is 16.8. The summed E-state index contributed by atoms with van der Waals surface area (Å²) in [5, 5.41) is 20.1. The van der Waals surface area contributed by atoms with Gasteiger partial charge in [-0.05, 0) is 79.8 Å². The number of nitrogens with zero attached hydrogens (tertiary/aromatic N) is 1. The van der Waals surface area contributed by atoms with Crippen molar-refractivity contribution < 1.29 is 9.90 Å². The maximum atomic E-state index is 13.5. The highest BCUT2D eigenvalue weighted by Gasteiger charge is 2.61. The zero-order chi connectivity index (χ0) is 19.6. The van der Waals surface area contributed by atoms with E-state index in [0.29, 0.717) is 30.5 Å². The Balaban J connectivity index is 1.73. The van der Waals surface area contributed by atoms with Crippen molar-refractivity contribution >= 4 is 5.78 Å². The fraction of sp³-hybridized carbons (Fsp3) is 0.667. The molecule has 6 atom stereocenters. The Bertz CT molecular complexity index is 815. The topological polar surface area (TPSA) is 61.1 Å². The minimum Gasteiger partial charge on any atom is -0.381 e. The van der Waals surface area contributed by atoms with Crippen LogP contribution in [0.2, 0.25) is 0 Å². The van der Waals surface area contributed by atoms with E-state index in [-0.39, 0.29) is 16.7 Å². The summed E-state index contributed by atoms with van der Waals surface area (Å²) in [5.74, 6) is 1.34. The highest BCUT2D eigenvalue weighted by Crippen LogP contribution is 2.66. The van der Waals surface area contributed by atoms with Gasteiger partial charge in [0.2, 0.25) is 0 Å². The molecular weight excluding hydrogens is 334 g/mol. The molecule has 0 radical (unpaired) electrons. The molecule has 0 aromatic heterocycles. The standard InChI is InChI=1S/C24H31NO2/c1-15(2)24(27)11-10-22(3)17(13-24)5-7-18-19-8-6-16(9-12-25)23(19,4)14-20(26)21(18)22/h9,13,18-19,21,27H,1,5-8,10-11,14H2,2-4H3. The summed E-state index contributed by atoms with van der Waals surface area (Å²) in [7, 11) is 0. The van der Waals surface area contributed by atoms with Crippen molar-refractivity contribution in [2.24, 2.45) is 28.6 Å². The van der Waals surface area contributed by atoms with Gasteiger partial charge in [-0.1, -0.05) is 31.6 Å². The smallest absolute Gasteiger partial charge is 0.138 e. The molecule has 4 aliphatic rings. The van der Waals surface area contributed by atoms with E-state index in [1.54, 1.807) is 6.08 Å². The molecule has 0 bridgehead atoms. The number of hydrogen-bond acceptors (Lipinski definition) is 3. The molecule has 4 aliphatic carbocycles. The van der Waals surface area contributed by atoms with Gasteiger partial charge in [-0.15, -0.1) is 0 Å². The summed E-state index contributed by atoms with van der Waals surface area (Å²) >= 11 is 0. The lowest BCUT2D eigenvalue weighted by atomic mass is 9.46. The number of carbonyl (C=O) groups excluding carboxylic acids is 1. The minimum atomic E-state index is -0.913. The SMILES string of the molecule is C=C(C)C1(O)C=C2CCC3C4CCC(=CC#N)C4(C)CC(=O)C3C2(C)CC1. The van der Waals surface area contributed by atoms with Crippen molar-refractivity contribution in [2.75, 3.05) is 0 Å². The minimum absolute atomic E-state index is 0.0617. The van der Waals surface area contributed by atoms with E-state index in [2.05, 4.69) is 26.5 Å². The first kappa shape index (κ1) is 18.7. The number of allylic oxidation sites excluding steroid dienone is 3. The molecule has 3 nitrogen and oxygen atoms in total. The summed E-state index contributed by atoms with van der Waals surface area (Å²) in [4.78, 5) is 13.5. The summed E-state index contributed by atoms with van der Waals surface area (Å²) in [5.41, 5.74) is 2.08. The average Bonchev–Trinajstić information content (AvgIpc) is 2.91. The predicted molar refractivity (Wildman–Crippen MR) is 106 cm³/mol. The molecule has 0 aromatic rings. The monoisotopic (exact) mass is 365 g/mol. The van der Waals surface area contributed by atoms with Crippen LogP contribution in [-0.2, 0) is 4.79 Å². The van der Waals surface area contributed by atoms with Crippen LogP contribution in [0.25, 0.3) is 0 Å². The first-order chi connectivity index (χ1) is 12.7. The number of Topliss-reactive ketones (excluding diaryl/α,β-unsaturated/α-hetero) is 1. The van der Waals surface area contributed by atoms with Gasteiger partial charge in [0.1, 0.15) is 11.4 Å². The lowest BCUT2D eigenvalue weighted by Crippen LogP contribution is -2.55. The number of nitriles is 1. The van der Waals surface area contributed by atoms with Crippen LogP contribution in [0.5, 0.6) is 0 Å². The zero-order valence-electron chi connectivity index (χ0n) is 16.8. The maximum absolute atomic E-state index is 13.5. The highest BCUT2D eigenvalue weighted by molar-refractivity contribution is 5.85. The third-order valence-corrected chi connectivity index (χ3v) is 8.69. The van der Waals surface area contributed by atoms with Crippen LogP contribution < -0.4 is 0 Å². The number of rotatable bonds is 1. The lowest BCUT2D eigenvalue weighted by molar-refractivity contribution is -0.142. The predicted octanol–water partition coefficient (Wildman–Crippen LogP) is 4.89. The summed E-state index contributed by atoms with van der Waals surface area (Å²) in [6, 6.07) is 2.21. The molecule has 1 N–H and O–H groups in total. The Kier molecular flexibility index (Phi) is 4.10. The van der Waals surface area contributed by atoms with E-state index in [1.807, 2.05) is 13.0 Å². The van der Waals surface area contributed by atoms with Crippen molar-refractivity contribution in [2.45, 2.75) is 71.3 Å². The van der Waals surface area contributed by atoms with Gasteiger partial charge in [0.05, 0.1) is 6.07 Å². The van der Waals surface area contributed by atoms with Gasteiger partial charge in [-0.2, -0.15) is 5.26 Å². The van der Waals surface area contributed by atoms with E-state index in [1.165, 1.54) is 11.1 Å². The molecule has 0 aromatic carbocycles. The molecule has 0 spiro atoms. The van der Waals surface area contributed by atoms with Crippen LogP contribution in [0.1, 0.15) is 65.7 Å². The Labute approximate surface area is 162 Å². The van der Waals surface area contributed by atoms with Crippen LogP contribution in [0.4, 0.5) is 0 Å². The second-order valence-corrected chi connectivity index (χ2v) is 9.98. The average molecular weight is 366 g/mol. The Morgan fingerprint density at radius 2 is 2.04 bits per heavy atom. The molecule has 0 heterocycles.